The fraction of sp³-hybridized carbons (Fsp3) is 0.643. The summed E-state index contributed by atoms with van der Waals surface area (Å²) in [5.74, 6) is -0.0702. The molecule has 0 aliphatic carbocycles. The molecule has 0 atom stereocenters. The lowest BCUT2D eigenvalue weighted by Crippen LogP contribution is -2.50. The molecular weight excluding hydrogens is 272 g/mol. The molecule has 3 rings (SSSR count). The molecule has 1 fully saturated rings. The molecule has 3 heterocycles. The molecule has 0 radical (unpaired) electrons. The minimum absolute atomic E-state index is 0.0148. The summed E-state index contributed by atoms with van der Waals surface area (Å²) in [5, 5.41) is 7.23. The van der Waals surface area contributed by atoms with Gasteiger partial charge in [0.2, 0.25) is 11.8 Å². The molecule has 0 aromatic carbocycles. The van der Waals surface area contributed by atoms with Crippen molar-refractivity contribution in [2.45, 2.75) is 25.9 Å². The van der Waals surface area contributed by atoms with Gasteiger partial charge in [-0.3, -0.25) is 14.3 Å². The number of hydrogen-bond donors (Lipinski definition) is 1. The molecule has 1 aromatic heterocycles. The van der Waals surface area contributed by atoms with Crippen LogP contribution < -0.4 is 5.32 Å². The lowest BCUT2D eigenvalue weighted by Gasteiger charge is -2.26. The molecule has 0 saturated carbocycles. The number of aromatic nitrogens is 2. The van der Waals surface area contributed by atoms with E-state index in [2.05, 4.69) is 10.4 Å². The molecule has 114 valence electrons. The Balaban J connectivity index is 1.62. The van der Waals surface area contributed by atoms with Gasteiger partial charge in [0.15, 0.2) is 0 Å². The fourth-order valence-electron chi connectivity index (χ4n) is 2.92. The zero-order chi connectivity index (χ0) is 14.8. The summed E-state index contributed by atoms with van der Waals surface area (Å²) >= 11 is 0. The van der Waals surface area contributed by atoms with Crippen LogP contribution in [0.25, 0.3) is 0 Å². The third-order valence-corrected chi connectivity index (χ3v) is 4.05. The summed E-state index contributed by atoms with van der Waals surface area (Å²) in [6, 6.07) is 0. The Hall–Kier alpha value is -1.89. The molecule has 2 aliphatic heterocycles. The average molecular weight is 292 g/mol. The number of amides is 2. The topological polar surface area (TPSA) is 76.5 Å². The van der Waals surface area contributed by atoms with Gasteiger partial charge in [-0.2, -0.15) is 5.10 Å². The largest absolute Gasteiger partial charge is 0.376 e. The number of carbonyl (C=O) groups is 2. The molecule has 2 amide bonds. The molecule has 2 aliphatic rings. The van der Waals surface area contributed by atoms with Gasteiger partial charge in [0.25, 0.3) is 0 Å². The lowest BCUT2D eigenvalue weighted by molar-refractivity contribution is -0.138. The van der Waals surface area contributed by atoms with Gasteiger partial charge in [0, 0.05) is 50.7 Å². The van der Waals surface area contributed by atoms with Gasteiger partial charge < -0.3 is 15.0 Å². The molecule has 21 heavy (non-hydrogen) atoms. The van der Waals surface area contributed by atoms with E-state index in [1.807, 2.05) is 11.7 Å². The minimum atomic E-state index is -0.0850. The van der Waals surface area contributed by atoms with Crippen molar-refractivity contribution >= 4 is 11.8 Å². The number of fused-ring (bicyclic) bond motifs is 1. The van der Waals surface area contributed by atoms with Crippen LogP contribution >= 0.6 is 0 Å². The van der Waals surface area contributed by atoms with Crippen molar-refractivity contribution < 1.29 is 14.3 Å². The molecule has 0 unspecified atom stereocenters. The van der Waals surface area contributed by atoms with Crippen molar-refractivity contribution in [3.8, 4) is 0 Å². The Kier molecular flexibility index (Phi) is 3.92. The van der Waals surface area contributed by atoms with E-state index >= 15 is 0 Å². The second kappa shape index (κ2) is 5.85. The highest BCUT2D eigenvalue weighted by Crippen LogP contribution is 2.21. The normalized spacial score (nSPS) is 18.3. The molecule has 0 spiro atoms. The van der Waals surface area contributed by atoms with Gasteiger partial charge in [-0.1, -0.05) is 0 Å². The summed E-state index contributed by atoms with van der Waals surface area (Å²) in [5.41, 5.74) is 3.29. The standard InChI is InChI=1S/C14H20N4O3/c1-17-12-4-7-21-9-10(12)11(16-17)2-3-14(20)18-6-5-15-13(19)8-18/h2-9H2,1H3,(H,15,19). The van der Waals surface area contributed by atoms with Crippen LogP contribution in [0.3, 0.4) is 0 Å². The predicted octanol–water partition coefficient (Wildman–Crippen LogP) is -0.616. The van der Waals surface area contributed by atoms with Crippen LogP contribution in [0.4, 0.5) is 0 Å². The maximum Gasteiger partial charge on any atom is 0.239 e. The number of nitrogens with one attached hydrogen (secondary N) is 1. The molecule has 7 nitrogen and oxygen atoms in total. The highest BCUT2D eigenvalue weighted by Gasteiger charge is 2.23. The van der Waals surface area contributed by atoms with Crippen molar-refractivity contribution in [1.29, 1.82) is 0 Å². The van der Waals surface area contributed by atoms with E-state index < -0.39 is 0 Å². The van der Waals surface area contributed by atoms with Gasteiger partial charge in [-0.15, -0.1) is 0 Å². The first-order valence-electron chi connectivity index (χ1n) is 7.31. The van der Waals surface area contributed by atoms with E-state index in [4.69, 9.17) is 4.74 Å². The Morgan fingerprint density at radius 1 is 1.48 bits per heavy atom. The fourth-order valence-corrected chi connectivity index (χ4v) is 2.92. The molecule has 7 heteroatoms. The quantitative estimate of drug-likeness (QED) is 0.806. The Morgan fingerprint density at radius 2 is 2.33 bits per heavy atom. The summed E-state index contributed by atoms with van der Waals surface area (Å²) in [4.78, 5) is 25.1. The zero-order valence-corrected chi connectivity index (χ0v) is 12.2. The maximum atomic E-state index is 12.2. The number of piperazine rings is 1. The molecule has 1 aromatic rings. The van der Waals surface area contributed by atoms with Crippen LogP contribution in [-0.4, -0.2) is 52.7 Å². The Labute approximate surface area is 123 Å². The van der Waals surface area contributed by atoms with E-state index in [-0.39, 0.29) is 18.4 Å². The Morgan fingerprint density at radius 3 is 3.14 bits per heavy atom. The second-order valence-corrected chi connectivity index (χ2v) is 5.46. The molecular formula is C14H20N4O3. The summed E-state index contributed by atoms with van der Waals surface area (Å²) in [6.45, 7) is 2.61. The van der Waals surface area contributed by atoms with Gasteiger partial charge >= 0.3 is 0 Å². The van der Waals surface area contributed by atoms with Gasteiger partial charge in [0.1, 0.15) is 0 Å². The first-order chi connectivity index (χ1) is 10.1. The van der Waals surface area contributed by atoms with E-state index in [0.29, 0.717) is 32.5 Å². The monoisotopic (exact) mass is 292 g/mol. The molecule has 1 N–H and O–H groups in total. The van der Waals surface area contributed by atoms with Gasteiger partial charge in [-0.05, 0) is 0 Å². The highest BCUT2D eigenvalue weighted by molar-refractivity contribution is 5.85. The van der Waals surface area contributed by atoms with Crippen molar-refractivity contribution in [2.75, 3.05) is 26.2 Å². The van der Waals surface area contributed by atoms with E-state index in [1.54, 1.807) is 4.90 Å². The zero-order valence-electron chi connectivity index (χ0n) is 12.2. The minimum Gasteiger partial charge on any atom is -0.376 e. The van der Waals surface area contributed by atoms with Crippen molar-refractivity contribution in [3.05, 3.63) is 17.0 Å². The number of aryl methyl sites for hydroxylation is 2. The van der Waals surface area contributed by atoms with Crippen molar-refractivity contribution in [1.82, 2.24) is 20.0 Å². The lowest BCUT2D eigenvalue weighted by atomic mass is 10.1. The van der Waals surface area contributed by atoms with Crippen LogP contribution in [0, 0.1) is 0 Å². The molecule has 0 bridgehead atoms. The average Bonchev–Trinajstić information content (AvgIpc) is 2.82. The smallest absolute Gasteiger partial charge is 0.239 e. The number of nitrogens with zero attached hydrogens (tertiary/aromatic N) is 3. The third-order valence-electron chi connectivity index (χ3n) is 4.05. The second-order valence-electron chi connectivity index (χ2n) is 5.46. The van der Waals surface area contributed by atoms with Gasteiger partial charge in [-0.25, -0.2) is 0 Å². The first kappa shape index (κ1) is 14.1. The van der Waals surface area contributed by atoms with Gasteiger partial charge in [0.05, 0.1) is 25.5 Å². The highest BCUT2D eigenvalue weighted by atomic mass is 16.5. The van der Waals surface area contributed by atoms with Crippen LogP contribution in [0.1, 0.15) is 23.4 Å². The first-order valence-corrected chi connectivity index (χ1v) is 7.31. The van der Waals surface area contributed by atoms with Crippen LogP contribution in [0.15, 0.2) is 0 Å². The van der Waals surface area contributed by atoms with Crippen LogP contribution in [-0.2, 0) is 40.8 Å². The Bertz CT molecular complexity index is 567. The number of carbonyl (C=O) groups excluding carboxylic acids is 2. The van der Waals surface area contributed by atoms with E-state index in [9.17, 15) is 9.59 Å². The summed E-state index contributed by atoms with van der Waals surface area (Å²) in [6.07, 6.45) is 1.86. The number of hydrogen-bond acceptors (Lipinski definition) is 4. The van der Waals surface area contributed by atoms with Crippen molar-refractivity contribution in [2.24, 2.45) is 7.05 Å². The SMILES string of the molecule is Cn1nc(CCC(=O)N2CCNC(=O)C2)c2c1CCOC2. The van der Waals surface area contributed by atoms with Crippen LogP contribution in [0.5, 0.6) is 0 Å². The summed E-state index contributed by atoms with van der Waals surface area (Å²) in [7, 11) is 1.93. The summed E-state index contributed by atoms with van der Waals surface area (Å²) < 4.78 is 7.38. The van der Waals surface area contributed by atoms with E-state index in [1.165, 1.54) is 5.69 Å². The van der Waals surface area contributed by atoms with E-state index in [0.717, 1.165) is 24.3 Å². The van der Waals surface area contributed by atoms with Crippen LogP contribution in [0.2, 0.25) is 0 Å². The maximum absolute atomic E-state index is 12.2. The van der Waals surface area contributed by atoms with Crippen molar-refractivity contribution in [3.63, 3.8) is 0 Å². The number of rotatable bonds is 3. The predicted molar refractivity (Wildman–Crippen MR) is 74.5 cm³/mol. The third kappa shape index (κ3) is 2.92. The number of ether oxygens (including phenoxy) is 1. The molecule has 1 saturated heterocycles.